The fraction of sp³-hybridized carbons (Fsp3) is 0.628. The maximum atomic E-state index is 14.6. The largest absolute Gasteiger partial charge is 0.480 e. The molecule has 0 spiro atoms. The van der Waals surface area contributed by atoms with Gasteiger partial charge < -0.3 is 67.0 Å². The summed E-state index contributed by atoms with van der Waals surface area (Å²) in [6, 6.07) is -8.50. The lowest BCUT2D eigenvalue weighted by Gasteiger charge is -2.34. The van der Waals surface area contributed by atoms with Crippen LogP contribution < -0.4 is 32.3 Å². The van der Waals surface area contributed by atoms with Crippen LogP contribution in [-0.4, -0.2) is 185 Å². The highest BCUT2D eigenvalue weighted by molar-refractivity contribution is 5.98. The van der Waals surface area contributed by atoms with E-state index in [1.165, 1.54) is 42.5 Å². The van der Waals surface area contributed by atoms with Crippen LogP contribution in [0.5, 0.6) is 0 Å². The Morgan fingerprint density at radius 3 is 1.71 bits per heavy atom. The number of H-pyrrole nitrogens is 2. The van der Waals surface area contributed by atoms with Crippen LogP contribution in [-0.2, 0) is 56.0 Å². The molecule has 370 valence electrons. The van der Waals surface area contributed by atoms with Gasteiger partial charge in [-0.25, -0.2) is 14.8 Å². The van der Waals surface area contributed by atoms with Crippen molar-refractivity contribution in [3.63, 3.8) is 0 Å². The van der Waals surface area contributed by atoms with E-state index in [1.54, 1.807) is 16.0 Å². The summed E-state index contributed by atoms with van der Waals surface area (Å²) in [5, 5.41) is 30.0. The zero-order valence-corrected chi connectivity index (χ0v) is 38.3. The SMILES string of the molecule is CC(=O)N1CCC[C@H]1C(=O)N1CCC[C@H]1C(=O)N1CCC[C@H]1C(=O)N[C@@H](Cc1c[nH]cn1)C(=O)N1CCC[C@H]1C(=O)N[C@@H](Cc1c[nH]cn1)C(=O)N[C@@H](C)C(=O)N[C@@H](CCCNC(=N)N)C(=O)O. The highest BCUT2D eigenvalue weighted by Crippen LogP contribution is 2.29. The van der Waals surface area contributed by atoms with Crippen molar-refractivity contribution in [3.05, 3.63) is 36.4 Å². The van der Waals surface area contributed by atoms with Crippen LogP contribution in [0.15, 0.2) is 25.0 Å². The van der Waals surface area contributed by atoms with E-state index in [9.17, 15) is 48.3 Å². The van der Waals surface area contributed by atoms with Crippen LogP contribution in [0.4, 0.5) is 0 Å². The third kappa shape index (κ3) is 12.5. The van der Waals surface area contributed by atoms with Crippen LogP contribution in [0.25, 0.3) is 0 Å². The first-order valence-electron chi connectivity index (χ1n) is 23.2. The molecule has 4 aliphatic heterocycles. The number of hydrogen-bond donors (Lipinski definition) is 10. The number of carboxylic acids is 1. The van der Waals surface area contributed by atoms with E-state index in [1.807, 2.05) is 0 Å². The van der Waals surface area contributed by atoms with E-state index in [2.05, 4.69) is 46.5 Å². The Morgan fingerprint density at radius 1 is 0.691 bits per heavy atom. The Balaban J connectivity index is 1.12. The molecule has 6 heterocycles. The summed E-state index contributed by atoms with van der Waals surface area (Å²) in [6.45, 7) is 4.23. The molecule has 8 amide bonds. The number of amides is 8. The summed E-state index contributed by atoms with van der Waals surface area (Å²) in [5.74, 6) is -5.83. The van der Waals surface area contributed by atoms with E-state index in [-0.39, 0.29) is 75.4 Å². The van der Waals surface area contributed by atoms with Crippen molar-refractivity contribution in [2.24, 2.45) is 5.73 Å². The van der Waals surface area contributed by atoms with E-state index >= 15 is 0 Å². The molecule has 4 saturated heterocycles. The smallest absolute Gasteiger partial charge is 0.326 e. The molecule has 0 aromatic carbocycles. The van der Waals surface area contributed by atoms with Gasteiger partial charge in [-0.1, -0.05) is 0 Å². The highest BCUT2D eigenvalue weighted by atomic mass is 16.4. The van der Waals surface area contributed by atoms with Crippen molar-refractivity contribution in [2.75, 3.05) is 32.7 Å². The van der Waals surface area contributed by atoms with Crippen molar-refractivity contribution < 1.29 is 48.3 Å². The molecule has 0 radical (unpaired) electrons. The molecule has 0 aliphatic carbocycles. The minimum absolute atomic E-state index is 0.00802. The predicted octanol–water partition coefficient (Wildman–Crippen LogP) is -2.79. The van der Waals surface area contributed by atoms with Crippen LogP contribution in [0.2, 0.25) is 0 Å². The van der Waals surface area contributed by atoms with Gasteiger partial charge in [0.05, 0.1) is 24.0 Å². The van der Waals surface area contributed by atoms with Crippen molar-refractivity contribution in [2.45, 2.75) is 139 Å². The van der Waals surface area contributed by atoms with Gasteiger partial charge in [0.1, 0.15) is 48.3 Å². The molecule has 0 bridgehead atoms. The number of likely N-dealkylation sites (tertiary alicyclic amines) is 4. The number of imidazole rings is 2. The van der Waals surface area contributed by atoms with Crippen molar-refractivity contribution in [3.8, 4) is 0 Å². The van der Waals surface area contributed by atoms with Crippen LogP contribution in [0, 0.1) is 5.41 Å². The van der Waals surface area contributed by atoms with E-state index in [0.29, 0.717) is 69.4 Å². The number of guanidine groups is 1. The fourth-order valence-electron chi connectivity index (χ4n) is 9.51. The van der Waals surface area contributed by atoms with Gasteiger partial charge in [0.2, 0.25) is 47.3 Å². The summed E-state index contributed by atoms with van der Waals surface area (Å²) in [7, 11) is 0. The average molecular weight is 950 g/mol. The first kappa shape index (κ1) is 50.3. The first-order chi connectivity index (χ1) is 32.5. The maximum Gasteiger partial charge on any atom is 0.326 e. The van der Waals surface area contributed by atoms with Gasteiger partial charge in [0, 0.05) is 64.9 Å². The molecule has 0 saturated carbocycles. The quantitative estimate of drug-likeness (QED) is 0.0365. The molecule has 0 unspecified atom stereocenters. The predicted molar refractivity (Wildman–Crippen MR) is 239 cm³/mol. The number of hydrogen-bond acceptors (Lipinski definition) is 12. The van der Waals surface area contributed by atoms with E-state index in [4.69, 9.17) is 11.1 Å². The second kappa shape index (κ2) is 23.1. The lowest BCUT2D eigenvalue weighted by molar-refractivity contribution is -0.150. The number of carbonyl (C=O) groups is 9. The summed E-state index contributed by atoms with van der Waals surface area (Å²) >= 11 is 0. The molecule has 4 fully saturated rings. The molecular formula is C43H63N15O10. The Morgan fingerprint density at radius 2 is 1.18 bits per heavy atom. The van der Waals surface area contributed by atoms with Crippen LogP contribution >= 0.6 is 0 Å². The first-order valence-corrected chi connectivity index (χ1v) is 23.2. The summed E-state index contributed by atoms with van der Waals surface area (Å²) in [6.07, 6.45) is 9.69. The normalized spacial score (nSPS) is 21.9. The zero-order chi connectivity index (χ0) is 49.1. The maximum absolute atomic E-state index is 14.6. The molecule has 2 aromatic rings. The number of nitrogens with one attached hydrogen (secondary N) is 8. The second-order valence-electron chi connectivity index (χ2n) is 17.7. The molecule has 68 heavy (non-hydrogen) atoms. The van der Waals surface area contributed by atoms with Gasteiger partial charge in [0.15, 0.2) is 5.96 Å². The number of aromatic amines is 2. The number of carbonyl (C=O) groups excluding carboxylic acids is 8. The molecular weight excluding hydrogens is 887 g/mol. The van der Waals surface area contributed by atoms with E-state index < -0.39 is 83.8 Å². The Hall–Kier alpha value is -7.08. The molecule has 11 N–H and O–H groups in total. The van der Waals surface area contributed by atoms with Crippen LogP contribution in [0.3, 0.4) is 0 Å². The number of nitrogens with zero attached hydrogens (tertiary/aromatic N) is 6. The average Bonchev–Trinajstić information content (AvgIpc) is 4.16. The number of rotatable bonds is 20. The third-order valence-corrected chi connectivity index (χ3v) is 13.0. The molecule has 4 aliphatic rings. The van der Waals surface area contributed by atoms with Gasteiger partial charge in [-0.2, -0.15) is 0 Å². The highest BCUT2D eigenvalue weighted by Gasteiger charge is 2.46. The molecule has 25 heteroatoms. The number of aromatic nitrogens is 4. The van der Waals surface area contributed by atoms with Crippen molar-refractivity contribution >= 4 is 59.2 Å². The van der Waals surface area contributed by atoms with Gasteiger partial charge in [-0.05, 0) is 71.1 Å². The molecule has 25 nitrogen and oxygen atoms in total. The zero-order valence-electron chi connectivity index (χ0n) is 38.3. The fourth-order valence-corrected chi connectivity index (χ4v) is 9.51. The van der Waals surface area contributed by atoms with Gasteiger partial charge in [-0.3, -0.25) is 43.8 Å². The van der Waals surface area contributed by atoms with Gasteiger partial charge in [-0.15, -0.1) is 0 Å². The Bertz CT molecular complexity index is 2170. The summed E-state index contributed by atoms with van der Waals surface area (Å²) in [4.78, 5) is 142. The summed E-state index contributed by atoms with van der Waals surface area (Å²) < 4.78 is 0. The van der Waals surface area contributed by atoms with Gasteiger partial charge >= 0.3 is 5.97 Å². The van der Waals surface area contributed by atoms with Crippen LogP contribution in [0.1, 0.15) is 89.4 Å². The molecule has 2 aromatic heterocycles. The Kier molecular flexibility index (Phi) is 17.1. The molecule has 6 rings (SSSR count). The van der Waals surface area contributed by atoms with E-state index in [0.717, 1.165) is 0 Å². The van der Waals surface area contributed by atoms with Gasteiger partial charge in [0.25, 0.3) is 0 Å². The lowest BCUT2D eigenvalue weighted by Crippen LogP contribution is -2.60. The number of aliphatic carboxylic acids is 1. The number of carboxylic acid groups (broad SMARTS) is 1. The third-order valence-electron chi connectivity index (χ3n) is 13.0. The monoisotopic (exact) mass is 949 g/mol. The lowest BCUT2D eigenvalue weighted by atomic mass is 10.1. The minimum Gasteiger partial charge on any atom is -0.480 e. The Labute approximate surface area is 392 Å². The summed E-state index contributed by atoms with van der Waals surface area (Å²) in [5.41, 5.74) is 6.11. The standard InChI is InChI=1S/C43H63N15O10/c1-24(35(60)52-28(42(67)68)8-3-13-48-43(44)45)51-36(61)29(18-26-20-46-22-49-26)53-37(62)31-9-4-15-56(31)39(64)30(19-27-21-47-23-50-27)54-38(63)32-10-5-16-57(32)41(66)34-12-7-17-58(34)40(65)33-11-6-14-55(33)25(2)59/h20-24,28-34H,3-19H2,1-2H3,(H,46,49)(H,47,50)(H,51,61)(H,52,60)(H,53,62)(H,54,63)(H,67,68)(H4,44,45,48)/t24-,28-,29-,30-,31-,32-,33-,34-/m0/s1. The topological polar surface area (TPSA) is 354 Å². The minimum atomic E-state index is -1.30. The van der Waals surface area contributed by atoms with Crippen molar-refractivity contribution in [1.29, 1.82) is 5.41 Å². The second-order valence-corrected chi connectivity index (χ2v) is 17.7. The molecule has 8 atom stereocenters. The number of nitrogens with two attached hydrogens (primary N) is 1. The van der Waals surface area contributed by atoms with Crippen molar-refractivity contribution in [1.82, 2.24) is 66.1 Å².